The van der Waals surface area contributed by atoms with Crippen LogP contribution in [0.25, 0.3) is 0 Å². The summed E-state index contributed by atoms with van der Waals surface area (Å²) >= 11 is 0. The molecule has 2 aliphatic heterocycles. The molecule has 0 spiro atoms. The maximum Gasteiger partial charge on any atom is 0.292 e. The van der Waals surface area contributed by atoms with Crippen molar-refractivity contribution in [2.75, 3.05) is 39.3 Å². The van der Waals surface area contributed by atoms with E-state index < -0.39 is 0 Å². The van der Waals surface area contributed by atoms with Crippen LogP contribution in [0.3, 0.4) is 0 Å². The van der Waals surface area contributed by atoms with E-state index in [1.807, 2.05) is 4.90 Å². The summed E-state index contributed by atoms with van der Waals surface area (Å²) in [6.07, 6.45) is 1.50. The van der Waals surface area contributed by atoms with Gasteiger partial charge in [0, 0.05) is 51.4 Å². The van der Waals surface area contributed by atoms with E-state index in [1.54, 1.807) is 6.07 Å². The van der Waals surface area contributed by atoms with Crippen LogP contribution in [-0.2, 0) is 0 Å². The zero-order chi connectivity index (χ0) is 11.7. The van der Waals surface area contributed by atoms with Crippen LogP contribution in [0.15, 0.2) is 16.8 Å². The first kappa shape index (κ1) is 10.7. The lowest BCUT2D eigenvalue weighted by Crippen LogP contribution is -2.62. The number of nitrogens with one attached hydrogen (secondary N) is 1. The molecule has 0 aromatic carbocycles. The molecule has 0 atom stereocenters. The molecule has 1 N–H and O–H groups in total. The first-order valence-corrected chi connectivity index (χ1v) is 5.99. The van der Waals surface area contributed by atoms with Crippen molar-refractivity contribution in [2.45, 2.75) is 6.04 Å². The molecule has 3 rings (SSSR count). The van der Waals surface area contributed by atoms with E-state index in [2.05, 4.69) is 15.4 Å². The SMILES string of the molecule is O=C(c1ccno1)N1CCN(C2CNC2)CC1. The number of amides is 1. The Kier molecular flexibility index (Phi) is 2.82. The monoisotopic (exact) mass is 236 g/mol. The Balaban J connectivity index is 1.55. The molecule has 0 aliphatic carbocycles. The molecule has 0 unspecified atom stereocenters. The van der Waals surface area contributed by atoms with Crippen LogP contribution in [0.2, 0.25) is 0 Å². The van der Waals surface area contributed by atoms with Gasteiger partial charge in [-0.05, 0) is 0 Å². The molecule has 92 valence electrons. The molecule has 2 fully saturated rings. The summed E-state index contributed by atoms with van der Waals surface area (Å²) in [6, 6.07) is 2.28. The summed E-state index contributed by atoms with van der Waals surface area (Å²) in [5.41, 5.74) is 0. The summed E-state index contributed by atoms with van der Waals surface area (Å²) < 4.78 is 4.89. The van der Waals surface area contributed by atoms with Crippen LogP contribution in [-0.4, -0.2) is 66.2 Å². The van der Waals surface area contributed by atoms with Gasteiger partial charge in [-0.15, -0.1) is 0 Å². The fourth-order valence-electron chi connectivity index (χ4n) is 2.30. The summed E-state index contributed by atoms with van der Waals surface area (Å²) in [5, 5.41) is 6.83. The van der Waals surface area contributed by atoms with Gasteiger partial charge in [0.05, 0.1) is 6.20 Å². The van der Waals surface area contributed by atoms with Gasteiger partial charge in [-0.2, -0.15) is 0 Å². The van der Waals surface area contributed by atoms with Crippen molar-refractivity contribution in [3.63, 3.8) is 0 Å². The largest absolute Gasteiger partial charge is 0.351 e. The number of hydrogen-bond acceptors (Lipinski definition) is 5. The zero-order valence-electron chi connectivity index (χ0n) is 9.63. The predicted octanol–water partition coefficient (Wildman–Crippen LogP) is -0.596. The van der Waals surface area contributed by atoms with Crippen molar-refractivity contribution in [2.24, 2.45) is 0 Å². The first-order chi connectivity index (χ1) is 8.34. The highest BCUT2D eigenvalue weighted by molar-refractivity contribution is 5.91. The van der Waals surface area contributed by atoms with Crippen LogP contribution in [0, 0.1) is 0 Å². The van der Waals surface area contributed by atoms with E-state index in [9.17, 15) is 4.79 Å². The number of hydrogen-bond donors (Lipinski definition) is 1. The van der Waals surface area contributed by atoms with Gasteiger partial charge in [-0.3, -0.25) is 9.69 Å². The molecule has 6 nitrogen and oxygen atoms in total. The van der Waals surface area contributed by atoms with E-state index in [0.717, 1.165) is 39.3 Å². The number of rotatable bonds is 2. The van der Waals surface area contributed by atoms with Gasteiger partial charge < -0.3 is 14.7 Å². The Morgan fingerprint density at radius 1 is 1.35 bits per heavy atom. The van der Waals surface area contributed by atoms with E-state index in [4.69, 9.17) is 4.52 Å². The molecule has 1 aromatic heterocycles. The highest BCUT2D eigenvalue weighted by Gasteiger charge is 2.30. The van der Waals surface area contributed by atoms with Crippen molar-refractivity contribution in [1.82, 2.24) is 20.3 Å². The minimum Gasteiger partial charge on any atom is -0.351 e. The Bertz CT molecular complexity index is 380. The molecule has 3 heterocycles. The van der Waals surface area contributed by atoms with Crippen molar-refractivity contribution in [3.8, 4) is 0 Å². The fourth-order valence-corrected chi connectivity index (χ4v) is 2.30. The standard InChI is InChI=1S/C11H16N4O2/c16-11(10-1-2-13-17-10)15-5-3-14(4-6-15)9-7-12-8-9/h1-2,9,12H,3-8H2. The average molecular weight is 236 g/mol. The summed E-state index contributed by atoms with van der Waals surface area (Å²) in [7, 11) is 0. The second-order valence-corrected chi connectivity index (χ2v) is 4.52. The Morgan fingerprint density at radius 2 is 2.12 bits per heavy atom. The molecule has 1 aromatic rings. The van der Waals surface area contributed by atoms with E-state index in [1.165, 1.54) is 6.20 Å². The Morgan fingerprint density at radius 3 is 2.65 bits per heavy atom. The third-order valence-corrected chi connectivity index (χ3v) is 3.53. The molecule has 17 heavy (non-hydrogen) atoms. The molecule has 1 amide bonds. The van der Waals surface area contributed by atoms with Crippen LogP contribution < -0.4 is 5.32 Å². The molecule has 0 bridgehead atoms. The highest BCUT2D eigenvalue weighted by Crippen LogP contribution is 2.12. The van der Waals surface area contributed by atoms with E-state index in [-0.39, 0.29) is 5.91 Å². The molecular weight excluding hydrogens is 220 g/mol. The molecule has 2 aliphatic rings. The summed E-state index contributed by atoms with van der Waals surface area (Å²) in [6.45, 7) is 5.61. The number of nitrogens with zero attached hydrogens (tertiary/aromatic N) is 3. The number of carbonyl (C=O) groups excluding carboxylic acids is 1. The van der Waals surface area contributed by atoms with Gasteiger partial charge in [0.15, 0.2) is 0 Å². The highest BCUT2D eigenvalue weighted by atomic mass is 16.5. The van der Waals surface area contributed by atoms with Crippen LogP contribution in [0.4, 0.5) is 0 Å². The lowest BCUT2D eigenvalue weighted by Gasteiger charge is -2.43. The predicted molar refractivity (Wildman–Crippen MR) is 60.6 cm³/mol. The topological polar surface area (TPSA) is 61.6 Å². The quantitative estimate of drug-likeness (QED) is 0.743. The second kappa shape index (κ2) is 4.46. The minimum absolute atomic E-state index is 0.0473. The minimum atomic E-state index is -0.0473. The van der Waals surface area contributed by atoms with Gasteiger partial charge in [0.1, 0.15) is 0 Å². The van der Waals surface area contributed by atoms with Crippen molar-refractivity contribution < 1.29 is 9.32 Å². The number of piperazine rings is 1. The maximum atomic E-state index is 12.0. The molecule has 6 heteroatoms. The van der Waals surface area contributed by atoms with Gasteiger partial charge in [-0.25, -0.2) is 0 Å². The zero-order valence-corrected chi connectivity index (χ0v) is 9.63. The van der Waals surface area contributed by atoms with E-state index >= 15 is 0 Å². The Hall–Kier alpha value is -1.40. The number of carbonyl (C=O) groups is 1. The van der Waals surface area contributed by atoms with E-state index in [0.29, 0.717) is 11.8 Å². The summed E-state index contributed by atoms with van der Waals surface area (Å²) in [4.78, 5) is 16.3. The lowest BCUT2D eigenvalue weighted by atomic mass is 10.1. The molecule has 2 saturated heterocycles. The molecule has 0 radical (unpaired) electrons. The van der Waals surface area contributed by atoms with Crippen LogP contribution in [0.1, 0.15) is 10.6 Å². The third kappa shape index (κ3) is 2.05. The van der Waals surface area contributed by atoms with Crippen LogP contribution in [0.5, 0.6) is 0 Å². The number of aromatic nitrogens is 1. The maximum absolute atomic E-state index is 12.0. The van der Waals surface area contributed by atoms with Gasteiger partial charge in [0.25, 0.3) is 5.91 Å². The van der Waals surface area contributed by atoms with Crippen LogP contribution >= 0.6 is 0 Å². The average Bonchev–Trinajstić information content (AvgIpc) is 2.80. The van der Waals surface area contributed by atoms with Crippen molar-refractivity contribution >= 4 is 5.91 Å². The van der Waals surface area contributed by atoms with Gasteiger partial charge >= 0.3 is 0 Å². The summed E-state index contributed by atoms with van der Waals surface area (Å²) in [5.74, 6) is 0.289. The fraction of sp³-hybridized carbons (Fsp3) is 0.636. The Labute approximate surface area is 99.5 Å². The first-order valence-electron chi connectivity index (χ1n) is 5.99. The molecular formula is C11H16N4O2. The second-order valence-electron chi connectivity index (χ2n) is 4.52. The van der Waals surface area contributed by atoms with Crippen molar-refractivity contribution in [3.05, 3.63) is 18.0 Å². The lowest BCUT2D eigenvalue weighted by molar-refractivity contribution is 0.0470. The normalized spacial score (nSPS) is 22.5. The van der Waals surface area contributed by atoms with Gasteiger partial charge in [0.2, 0.25) is 5.76 Å². The molecule has 0 saturated carbocycles. The third-order valence-electron chi connectivity index (χ3n) is 3.53. The van der Waals surface area contributed by atoms with Gasteiger partial charge in [-0.1, -0.05) is 5.16 Å². The van der Waals surface area contributed by atoms with Crippen molar-refractivity contribution in [1.29, 1.82) is 0 Å². The smallest absolute Gasteiger partial charge is 0.292 e.